The monoisotopic (exact) mass is 276 g/mol. The molecule has 0 aromatic heterocycles. The molecule has 1 saturated carbocycles. The van der Waals surface area contributed by atoms with Gasteiger partial charge in [-0.2, -0.15) is 0 Å². The van der Waals surface area contributed by atoms with Gasteiger partial charge in [-0.3, -0.25) is 4.79 Å². The van der Waals surface area contributed by atoms with Crippen molar-refractivity contribution < 1.29 is 9.53 Å². The molecule has 2 atom stereocenters. The van der Waals surface area contributed by atoms with Crippen molar-refractivity contribution in [1.29, 1.82) is 0 Å². The number of anilines is 1. The highest BCUT2D eigenvalue weighted by Crippen LogP contribution is 2.23. The molecular formula is C16H24N2O2. The van der Waals surface area contributed by atoms with E-state index in [-0.39, 0.29) is 5.91 Å². The number of ether oxygens (including phenoxy) is 1. The summed E-state index contributed by atoms with van der Waals surface area (Å²) in [5.41, 5.74) is 6.34. The molecule has 20 heavy (non-hydrogen) atoms. The zero-order valence-electron chi connectivity index (χ0n) is 12.1. The Kier molecular flexibility index (Phi) is 5.27. The Bertz CT molecular complexity index is 448. The van der Waals surface area contributed by atoms with Crippen molar-refractivity contribution in [3.05, 3.63) is 24.3 Å². The molecule has 110 valence electrons. The molecule has 0 radical (unpaired) electrons. The zero-order chi connectivity index (χ0) is 14.4. The number of benzene rings is 1. The normalized spacial score (nSPS) is 22.2. The maximum atomic E-state index is 11.9. The number of carbonyl (C=O) groups is 1. The van der Waals surface area contributed by atoms with Gasteiger partial charge in [-0.1, -0.05) is 25.8 Å². The van der Waals surface area contributed by atoms with E-state index >= 15 is 0 Å². The van der Waals surface area contributed by atoms with Crippen molar-refractivity contribution in [1.82, 2.24) is 5.32 Å². The Morgan fingerprint density at radius 2 is 2.30 bits per heavy atom. The predicted molar refractivity (Wildman–Crippen MR) is 80.5 cm³/mol. The van der Waals surface area contributed by atoms with Crippen LogP contribution in [0.2, 0.25) is 0 Å². The molecule has 4 nitrogen and oxygen atoms in total. The number of nitrogens with two attached hydrogens (primary N) is 1. The van der Waals surface area contributed by atoms with Crippen molar-refractivity contribution in [2.45, 2.75) is 45.1 Å². The standard InChI is InChI=1S/C16H24N2O2/c1-12-4-2-6-14(10-12)18-16(19)8-9-20-15-7-3-5-13(17)11-15/h3,5,7,11-12,14H,2,4,6,8-10,17H2,1H3,(H,18,19). The van der Waals surface area contributed by atoms with Crippen LogP contribution in [0, 0.1) is 5.92 Å². The second kappa shape index (κ2) is 7.17. The summed E-state index contributed by atoms with van der Waals surface area (Å²) >= 11 is 0. The van der Waals surface area contributed by atoms with E-state index < -0.39 is 0 Å². The number of hydrogen-bond donors (Lipinski definition) is 2. The minimum absolute atomic E-state index is 0.0769. The predicted octanol–water partition coefficient (Wildman–Crippen LogP) is 2.73. The van der Waals surface area contributed by atoms with Crippen LogP contribution in [0.15, 0.2) is 24.3 Å². The Hall–Kier alpha value is -1.71. The Morgan fingerprint density at radius 1 is 1.45 bits per heavy atom. The lowest BCUT2D eigenvalue weighted by Gasteiger charge is -2.27. The molecule has 2 rings (SSSR count). The fourth-order valence-electron chi connectivity index (χ4n) is 2.73. The number of nitrogen functional groups attached to an aromatic ring is 1. The summed E-state index contributed by atoms with van der Waals surface area (Å²) in [4.78, 5) is 11.9. The Morgan fingerprint density at radius 3 is 3.05 bits per heavy atom. The van der Waals surface area contributed by atoms with Crippen LogP contribution in [0.25, 0.3) is 0 Å². The third-order valence-corrected chi connectivity index (χ3v) is 3.76. The summed E-state index contributed by atoms with van der Waals surface area (Å²) in [6.45, 7) is 2.64. The fraction of sp³-hybridized carbons (Fsp3) is 0.562. The molecule has 0 aliphatic heterocycles. The van der Waals surface area contributed by atoms with Crippen LogP contribution in [0.5, 0.6) is 5.75 Å². The Balaban J connectivity index is 1.67. The van der Waals surface area contributed by atoms with Crippen LogP contribution in [0.4, 0.5) is 5.69 Å². The number of rotatable bonds is 5. The van der Waals surface area contributed by atoms with Gasteiger partial charge in [0.1, 0.15) is 5.75 Å². The molecule has 1 aromatic carbocycles. The van der Waals surface area contributed by atoms with E-state index in [1.807, 2.05) is 18.2 Å². The molecule has 1 aliphatic carbocycles. The molecule has 1 aromatic rings. The third kappa shape index (κ3) is 4.76. The van der Waals surface area contributed by atoms with Gasteiger partial charge in [0.2, 0.25) is 5.91 Å². The summed E-state index contributed by atoms with van der Waals surface area (Å²) in [6, 6.07) is 7.61. The second-order valence-corrected chi connectivity index (χ2v) is 5.71. The first kappa shape index (κ1) is 14.7. The first-order valence-electron chi connectivity index (χ1n) is 7.41. The van der Waals surface area contributed by atoms with Crippen LogP contribution in [-0.4, -0.2) is 18.6 Å². The first-order valence-corrected chi connectivity index (χ1v) is 7.41. The molecule has 0 heterocycles. The van der Waals surface area contributed by atoms with E-state index in [1.165, 1.54) is 12.8 Å². The summed E-state index contributed by atoms with van der Waals surface area (Å²) < 4.78 is 5.53. The summed E-state index contributed by atoms with van der Waals surface area (Å²) in [6.07, 6.45) is 5.09. The van der Waals surface area contributed by atoms with E-state index in [0.717, 1.165) is 18.8 Å². The van der Waals surface area contributed by atoms with Crippen molar-refractivity contribution in [3.8, 4) is 5.75 Å². The highest BCUT2D eigenvalue weighted by Gasteiger charge is 2.20. The quantitative estimate of drug-likeness (QED) is 0.813. The van der Waals surface area contributed by atoms with Gasteiger partial charge in [0.05, 0.1) is 13.0 Å². The SMILES string of the molecule is CC1CCCC(NC(=O)CCOc2cccc(N)c2)C1. The molecule has 0 spiro atoms. The van der Waals surface area contributed by atoms with Crippen LogP contribution in [-0.2, 0) is 4.79 Å². The van der Waals surface area contributed by atoms with Crippen molar-refractivity contribution >= 4 is 11.6 Å². The van der Waals surface area contributed by atoms with Gasteiger partial charge in [-0.25, -0.2) is 0 Å². The average Bonchev–Trinajstić information content (AvgIpc) is 2.38. The Labute approximate surface area is 120 Å². The first-order chi connectivity index (χ1) is 9.63. The number of carbonyl (C=O) groups excluding carboxylic acids is 1. The van der Waals surface area contributed by atoms with Gasteiger partial charge < -0.3 is 15.8 Å². The molecule has 0 bridgehead atoms. The maximum Gasteiger partial charge on any atom is 0.223 e. The molecule has 1 aliphatic rings. The summed E-state index contributed by atoms with van der Waals surface area (Å²) in [5, 5.41) is 3.10. The molecule has 4 heteroatoms. The lowest BCUT2D eigenvalue weighted by atomic mass is 9.87. The van der Waals surface area contributed by atoms with Gasteiger partial charge >= 0.3 is 0 Å². The molecule has 0 saturated heterocycles. The van der Waals surface area contributed by atoms with Gasteiger partial charge in [-0.15, -0.1) is 0 Å². The third-order valence-electron chi connectivity index (χ3n) is 3.76. The summed E-state index contributed by atoms with van der Waals surface area (Å²) in [5.74, 6) is 1.51. The van der Waals surface area contributed by atoms with E-state index in [4.69, 9.17) is 10.5 Å². The van der Waals surface area contributed by atoms with E-state index in [2.05, 4.69) is 12.2 Å². The van der Waals surface area contributed by atoms with Gasteiger partial charge in [0.25, 0.3) is 0 Å². The van der Waals surface area contributed by atoms with Crippen molar-refractivity contribution in [2.24, 2.45) is 5.92 Å². The fourth-order valence-corrected chi connectivity index (χ4v) is 2.73. The van der Waals surface area contributed by atoms with E-state index in [9.17, 15) is 4.79 Å². The molecular weight excluding hydrogens is 252 g/mol. The van der Waals surface area contributed by atoms with Crippen LogP contribution >= 0.6 is 0 Å². The number of hydrogen-bond acceptors (Lipinski definition) is 3. The lowest BCUT2D eigenvalue weighted by Crippen LogP contribution is -2.38. The van der Waals surface area contributed by atoms with Gasteiger partial charge in [0, 0.05) is 17.8 Å². The largest absolute Gasteiger partial charge is 0.493 e. The highest BCUT2D eigenvalue weighted by atomic mass is 16.5. The second-order valence-electron chi connectivity index (χ2n) is 5.71. The van der Waals surface area contributed by atoms with Crippen LogP contribution in [0.1, 0.15) is 39.0 Å². The number of nitrogens with one attached hydrogen (secondary N) is 1. The summed E-state index contributed by atoms with van der Waals surface area (Å²) in [7, 11) is 0. The molecule has 1 fully saturated rings. The lowest BCUT2D eigenvalue weighted by molar-refractivity contribution is -0.122. The topological polar surface area (TPSA) is 64.3 Å². The van der Waals surface area contributed by atoms with Gasteiger partial charge in [0.15, 0.2) is 0 Å². The molecule has 2 unspecified atom stereocenters. The van der Waals surface area contributed by atoms with Gasteiger partial charge in [-0.05, 0) is 30.9 Å². The average molecular weight is 276 g/mol. The maximum absolute atomic E-state index is 11.9. The smallest absolute Gasteiger partial charge is 0.223 e. The van der Waals surface area contributed by atoms with Crippen LogP contribution in [0.3, 0.4) is 0 Å². The zero-order valence-corrected chi connectivity index (χ0v) is 12.1. The van der Waals surface area contributed by atoms with Crippen LogP contribution < -0.4 is 15.8 Å². The molecule has 3 N–H and O–H groups in total. The number of amides is 1. The van der Waals surface area contributed by atoms with E-state index in [1.54, 1.807) is 6.07 Å². The minimum Gasteiger partial charge on any atom is -0.493 e. The minimum atomic E-state index is 0.0769. The van der Waals surface area contributed by atoms with Crippen molar-refractivity contribution in [3.63, 3.8) is 0 Å². The van der Waals surface area contributed by atoms with E-state index in [0.29, 0.717) is 30.5 Å². The van der Waals surface area contributed by atoms with Crippen molar-refractivity contribution in [2.75, 3.05) is 12.3 Å². The highest BCUT2D eigenvalue weighted by molar-refractivity contribution is 5.76. The molecule has 1 amide bonds.